The minimum Gasteiger partial charge on any atom is -0.369 e. The third kappa shape index (κ3) is 1.45. The van der Waals surface area contributed by atoms with Crippen molar-refractivity contribution in [1.29, 1.82) is 0 Å². The van der Waals surface area contributed by atoms with Crippen LogP contribution in [0.5, 0.6) is 0 Å². The maximum absolute atomic E-state index is 4.37. The summed E-state index contributed by atoms with van der Waals surface area (Å²) in [5.74, 6) is 0. The van der Waals surface area contributed by atoms with Crippen LogP contribution < -0.4 is 5.22 Å². The monoisotopic (exact) mass is 247 g/mol. The first-order chi connectivity index (χ1) is 9.36. The van der Waals surface area contributed by atoms with Gasteiger partial charge in [-0.2, -0.15) is 0 Å². The van der Waals surface area contributed by atoms with Crippen LogP contribution in [0.4, 0.5) is 0 Å². The maximum atomic E-state index is 4.37. The van der Waals surface area contributed by atoms with E-state index in [2.05, 4.69) is 51.9 Å². The van der Waals surface area contributed by atoms with Gasteiger partial charge in [-0.05, 0) is 28.3 Å². The number of hydrogen-bond donors (Lipinski definition) is 0. The van der Waals surface area contributed by atoms with E-state index < -0.39 is 0 Å². The summed E-state index contributed by atoms with van der Waals surface area (Å²) in [4.78, 5) is 11.0. The van der Waals surface area contributed by atoms with Crippen molar-refractivity contribution in [1.82, 2.24) is 14.9 Å². The summed E-state index contributed by atoms with van der Waals surface area (Å²) in [5, 5.41) is 3.74. The molecule has 0 saturated carbocycles. The van der Waals surface area contributed by atoms with Gasteiger partial charge in [0.2, 0.25) is 0 Å². The van der Waals surface area contributed by atoms with E-state index >= 15 is 0 Å². The first-order valence-electron chi connectivity index (χ1n) is 6.38. The summed E-state index contributed by atoms with van der Waals surface area (Å²) >= 11 is 0. The molecule has 19 heavy (non-hydrogen) atoms. The summed E-state index contributed by atoms with van der Waals surface area (Å²) in [6, 6.07) is 8.48. The molecule has 3 nitrogen and oxygen atoms in total. The van der Waals surface area contributed by atoms with E-state index in [9.17, 15) is 0 Å². The molecule has 1 aliphatic heterocycles. The van der Waals surface area contributed by atoms with Crippen molar-refractivity contribution in [3.63, 3.8) is 0 Å². The molecule has 0 amide bonds. The SMILES string of the molecule is C=CCN1C=c2ccc3ncnc4ccc(c2c43)C1. The minimum absolute atomic E-state index is 0.868. The van der Waals surface area contributed by atoms with Crippen molar-refractivity contribution in [2.75, 3.05) is 6.54 Å². The zero-order valence-electron chi connectivity index (χ0n) is 10.5. The van der Waals surface area contributed by atoms with Crippen LogP contribution in [0.2, 0.25) is 0 Å². The van der Waals surface area contributed by atoms with E-state index in [0.29, 0.717) is 0 Å². The fourth-order valence-corrected chi connectivity index (χ4v) is 2.91. The number of nitrogens with zero attached hydrogens (tertiary/aromatic N) is 3. The standard InChI is InChI=1S/C16H13N3/c1-2-7-19-8-11-3-5-13-16-14(18-10-17-13)6-4-12(9-19)15(11)16/h2-6,8,10H,1,7,9H2. The van der Waals surface area contributed by atoms with Crippen LogP contribution in [0.25, 0.3) is 28.0 Å². The summed E-state index contributed by atoms with van der Waals surface area (Å²) < 4.78 is 0. The lowest BCUT2D eigenvalue weighted by molar-refractivity contribution is 0.446. The lowest BCUT2D eigenvalue weighted by atomic mass is 9.98. The van der Waals surface area contributed by atoms with Gasteiger partial charge in [0, 0.05) is 24.7 Å². The van der Waals surface area contributed by atoms with Gasteiger partial charge >= 0.3 is 0 Å². The van der Waals surface area contributed by atoms with Gasteiger partial charge in [0.05, 0.1) is 11.0 Å². The topological polar surface area (TPSA) is 29.0 Å². The van der Waals surface area contributed by atoms with E-state index in [1.807, 2.05) is 6.08 Å². The smallest absolute Gasteiger partial charge is 0.116 e. The Kier molecular flexibility index (Phi) is 2.09. The largest absolute Gasteiger partial charge is 0.369 e. The lowest BCUT2D eigenvalue weighted by Gasteiger charge is -2.24. The number of rotatable bonds is 2. The highest BCUT2D eigenvalue weighted by molar-refractivity contribution is 6.08. The molecule has 2 heterocycles. The average Bonchev–Trinajstić information content (AvgIpc) is 2.45. The molecule has 3 aromatic rings. The molecule has 0 aliphatic carbocycles. The number of benzene rings is 2. The molecule has 2 aromatic carbocycles. The molecule has 0 atom stereocenters. The third-order valence-corrected chi connectivity index (χ3v) is 3.69. The minimum atomic E-state index is 0.868. The van der Waals surface area contributed by atoms with Crippen LogP contribution in [0, 0.1) is 0 Å². The molecule has 0 saturated heterocycles. The molecule has 1 aromatic heterocycles. The average molecular weight is 247 g/mol. The third-order valence-electron chi connectivity index (χ3n) is 3.69. The van der Waals surface area contributed by atoms with E-state index in [1.165, 1.54) is 21.6 Å². The summed E-state index contributed by atoms with van der Waals surface area (Å²) in [6.45, 7) is 5.60. The van der Waals surface area contributed by atoms with Gasteiger partial charge in [-0.3, -0.25) is 0 Å². The van der Waals surface area contributed by atoms with Crippen molar-refractivity contribution < 1.29 is 0 Å². The van der Waals surface area contributed by atoms with Gasteiger partial charge in [-0.1, -0.05) is 18.2 Å². The highest BCUT2D eigenvalue weighted by Crippen LogP contribution is 2.26. The van der Waals surface area contributed by atoms with Crippen molar-refractivity contribution in [2.45, 2.75) is 6.54 Å². The molecule has 0 radical (unpaired) electrons. The quantitative estimate of drug-likeness (QED) is 0.650. The Morgan fingerprint density at radius 1 is 1.11 bits per heavy atom. The van der Waals surface area contributed by atoms with Crippen LogP contribution in [-0.2, 0) is 6.54 Å². The normalized spacial score (nSPS) is 13.8. The molecule has 0 unspecified atom stereocenters. The molecule has 4 rings (SSSR count). The summed E-state index contributed by atoms with van der Waals surface area (Å²) in [5.41, 5.74) is 3.39. The first-order valence-corrected chi connectivity index (χ1v) is 6.38. The van der Waals surface area contributed by atoms with E-state index in [1.54, 1.807) is 6.33 Å². The summed E-state index contributed by atoms with van der Waals surface area (Å²) in [6.07, 6.45) is 5.77. The van der Waals surface area contributed by atoms with Gasteiger partial charge in [0.1, 0.15) is 6.33 Å². The second kappa shape index (κ2) is 3.79. The van der Waals surface area contributed by atoms with Gasteiger partial charge < -0.3 is 4.90 Å². The van der Waals surface area contributed by atoms with Crippen LogP contribution in [-0.4, -0.2) is 21.4 Å². The van der Waals surface area contributed by atoms with Crippen LogP contribution in [0.15, 0.2) is 43.2 Å². The Labute approximate surface area is 110 Å². The van der Waals surface area contributed by atoms with Crippen molar-refractivity contribution >= 4 is 28.0 Å². The molecular formula is C16H13N3. The fraction of sp³-hybridized carbons (Fsp3) is 0.125. The zero-order chi connectivity index (χ0) is 12.8. The van der Waals surface area contributed by atoms with Gasteiger partial charge in [-0.25, -0.2) is 9.97 Å². The van der Waals surface area contributed by atoms with E-state index in [0.717, 1.165) is 24.1 Å². The predicted molar refractivity (Wildman–Crippen MR) is 77.3 cm³/mol. The fourth-order valence-electron chi connectivity index (χ4n) is 2.91. The van der Waals surface area contributed by atoms with E-state index in [-0.39, 0.29) is 0 Å². The molecule has 0 N–H and O–H groups in total. The molecule has 0 spiro atoms. The van der Waals surface area contributed by atoms with Crippen molar-refractivity contribution in [2.24, 2.45) is 0 Å². The zero-order valence-corrected chi connectivity index (χ0v) is 10.5. The van der Waals surface area contributed by atoms with Gasteiger partial charge in [0.15, 0.2) is 0 Å². The summed E-state index contributed by atoms with van der Waals surface area (Å²) in [7, 11) is 0. The molecule has 0 fully saturated rings. The molecule has 1 aliphatic rings. The Morgan fingerprint density at radius 3 is 2.68 bits per heavy atom. The first kappa shape index (κ1) is 10.5. The molecule has 0 bridgehead atoms. The Hall–Kier alpha value is -2.42. The Bertz CT molecular complexity index is 835. The van der Waals surface area contributed by atoms with Crippen molar-refractivity contribution in [3.8, 4) is 0 Å². The lowest BCUT2D eigenvalue weighted by Crippen LogP contribution is -2.25. The Balaban J connectivity index is 2.15. The van der Waals surface area contributed by atoms with Crippen molar-refractivity contribution in [3.05, 3.63) is 54.0 Å². The predicted octanol–water partition coefficient (Wildman–Crippen LogP) is 2.24. The number of aromatic nitrogens is 2. The molecule has 92 valence electrons. The van der Waals surface area contributed by atoms with E-state index in [4.69, 9.17) is 0 Å². The molecule has 3 heteroatoms. The second-order valence-electron chi connectivity index (χ2n) is 4.89. The Morgan fingerprint density at radius 2 is 1.89 bits per heavy atom. The van der Waals surface area contributed by atoms with Crippen LogP contribution >= 0.6 is 0 Å². The molecular weight excluding hydrogens is 234 g/mol. The highest BCUT2D eigenvalue weighted by Gasteiger charge is 2.14. The maximum Gasteiger partial charge on any atom is 0.116 e. The van der Waals surface area contributed by atoms with Crippen LogP contribution in [0.1, 0.15) is 5.56 Å². The highest BCUT2D eigenvalue weighted by atomic mass is 15.1. The second-order valence-corrected chi connectivity index (χ2v) is 4.89. The number of hydrogen-bond acceptors (Lipinski definition) is 3. The van der Waals surface area contributed by atoms with Gasteiger partial charge in [0.25, 0.3) is 0 Å². The van der Waals surface area contributed by atoms with Gasteiger partial charge in [-0.15, -0.1) is 6.58 Å². The van der Waals surface area contributed by atoms with Crippen LogP contribution in [0.3, 0.4) is 0 Å².